The van der Waals surface area contributed by atoms with Crippen LogP contribution in [0.1, 0.15) is 10.4 Å². The smallest absolute Gasteiger partial charge is 0.262 e. The van der Waals surface area contributed by atoms with Crippen molar-refractivity contribution in [1.29, 1.82) is 0 Å². The van der Waals surface area contributed by atoms with Crippen LogP contribution in [0, 0.1) is 5.82 Å². The Kier molecular flexibility index (Phi) is 7.24. The molecule has 4 rings (SSSR count). The first-order valence-electron chi connectivity index (χ1n) is 10.6. The van der Waals surface area contributed by atoms with E-state index in [1.165, 1.54) is 12.1 Å². The quantitative estimate of drug-likeness (QED) is 0.526. The molecule has 6 nitrogen and oxygen atoms in total. The van der Waals surface area contributed by atoms with Gasteiger partial charge in [-0.25, -0.2) is 4.39 Å². The summed E-state index contributed by atoms with van der Waals surface area (Å²) in [5.41, 5.74) is 1.78. The van der Waals surface area contributed by atoms with Crippen LogP contribution in [0.2, 0.25) is 0 Å². The summed E-state index contributed by atoms with van der Waals surface area (Å²) in [4.78, 5) is 28.6. The fourth-order valence-corrected chi connectivity index (χ4v) is 3.87. The molecule has 8 heteroatoms. The Morgan fingerprint density at radius 3 is 2.24 bits per heavy atom. The number of halogens is 2. The fourth-order valence-electron chi connectivity index (χ4n) is 3.61. The van der Waals surface area contributed by atoms with Gasteiger partial charge in [0, 0.05) is 42.0 Å². The summed E-state index contributed by atoms with van der Waals surface area (Å²) in [5.74, 6) is -0.400. The van der Waals surface area contributed by atoms with Gasteiger partial charge in [0.05, 0.1) is 5.56 Å². The third-order valence-electron chi connectivity index (χ3n) is 5.37. The van der Waals surface area contributed by atoms with Crippen LogP contribution in [0.5, 0.6) is 5.75 Å². The highest BCUT2D eigenvalue weighted by Crippen LogP contribution is 2.21. The number of rotatable bonds is 6. The molecule has 1 saturated heterocycles. The predicted octanol–water partition coefficient (Wildman–Crippen LogP) is 4.57. The van der Waals surface area contributed by atoms with Gasteiger partial charge >= 0.3 is 0 Å². The van der Waals surface area contributed by atoms with E-state index >= 15 is 0 Å². The second-order valence-electron chi connectivity index (χ2n) is 7.60. The Balaban J connectivity index is 1.26. The van der Waals surface area contributed by atoms with Gasteiger partial charge < -0.3 is 19.9 Å². The van der Waals surface area contributed by atoms with Gasteiger partial charge in [-0.15, -0.1) is 0 Å². The molecule has 1 aliphatic rings. The van der Waals surface area contributed by atoms with Crippen molar-refractivity contribution in [3.8, 4) is 5.75 Å². The van der Waals surface area contributed by atoms with Crippen LogP contribution in [0.15, 0.2) is 77.3 Å². The number of anilines is 2. The molecule has 170 valence electrons. The van der Waals surface area contributed by atoms with E-state index in [0.29, 0.717) is 37.6 Å². The molecule has 1 N–H and O–H groups in total. The lowest BCUT2D eigenvalue weighted by Crippen LogP contribution is -2.49. The predicted molar refractivity (Wildman–Crippen MR) is 129 cm³/mol. The van der Waals surface area contributed by atoms with Crippen molar-refractivity contribution in [2.24, 2.45) is 0 Å². The lowest BCUT2D eigenvalue weighted by Gasteiger charge is -2.36. The molecule has 0 saturated carbocycles. The molecule has 0 bridgehead atoms. The average molecular weight is 512 g/mol. The van der Waals surface area contributed by atoms with Crippen LogP contribution in [0.25, 0.3) is 0 Å². The molecule has 0 aliphatic carbocycles. The lowest BCUT2D eigenvalue weighted by atomic mass is 10.1. The number of nitrogens with one attached hydrogen (secondary N) is 1. The van der Waals surface area contributed by atoms with Crippen molar-refractivity contribution in [2.75, 3.05) is 43.0 Å². The topological polar surface area (TPSA) is 61.9 Å². The number of nitrogens with zero attached hydrogens (tertiary/aromatic N) is 2. The molecule has 3 aromatic rings. The van der Waals surface area contributed by atoms with Crippen molar-refractivity contribution in [3.05, 3.63) is 88.6 Å². The van der Waals surface area contributed by atoms with E-state index in [4.69, 9.17) is 4.74 Å². The molecule has 1 heterocycles. The third-order valence-corrected chi connectivity index (χ3v) is 5.90. The van der Waals surface area contributed by atoms with Crippen LogP contribution in [-0.2, 0) is 4.79 Å². The van der Waals surface area contributed by atoms with E-state index in [1.807, 2.05) is 36.4 Å². The number of hydrogen-bond donors (Lipinski definition) is 1. The maximum absolute atomic E-state index is 13.9. The molecule has 0 spiro atoms. The minimum atomic E-state index is -0.496. The molecule has 3 aromatic carbocycles. The van der Waals surface area contributed by atoms with E-state index in [9.17, 15) is 14.0 Å². The zero-order chi connectivity index (χ0) is 23.2. The molecule has 0 radical (unpaired) electrons. The Labute approximate surface area is 200 Å². The summed E-state index contributed by atoms with van der Waals surface area (Å²) in [6, 6.07) is 20.9. The van der Waals surface area contributed by atoms with E-state index in [0.717, 1.165) is 10.2 Å². The summed E-state index contributed by atoms with van der Waals surface area (Å²) in [6.07, 6.45) is 0. The fraction of sp³-hybridized carbons (Fsp3) is 0.200. The highest BCUT2D eigenvalue weighted by atomic mass is 79.9. The molecule has 1 aliphatic heterocycles. The molecule has 33 heavy (non-hydrogen) atoms. The summed E-state index contributed by atoms with van der Waals surface area (Å²) in [6.45, 7) is 2.24. The van der Waals surface area contributed by atoms with Gasteiger partial charge in [0.1, 0.15) is 11.6 Å². The summed E-state index contributed by atoms with van der Waals surface area (Å²) < 4.78 is 20.3. The molecular weight excluding hydrogens is 489 g/mol. The summed E-state index contributed by atoms with van der Waals surface area (Å²) in [5, 5.41) is 2.82. The highest BCUT2D eigenvalue weighted by Gasteiger charge is 2.24. The maximum Gasteiger partial charge on any atom is 0.262 e. The first kappa shape index (κ1) is 22.8. The third kappa shape index (κ3) is 5.90. The van der Waals surface area contributed by atoms with Gasteiger partial charge in [0.25, 0.3) is 11.8 Å². The molecule has 1 fully saturated rings. The van der Waals surface area contributed by atoms with Crippen molar-refractivity contribution in [2.45, 2.75) is 0 Å². The van der Waals surface area contributed by atoms with Crippen LogP contribution in [0.3, 0.4) is 0 Å². The first-order chi connectivity index (χ1) is 16.0. The molecule has 0 atom stereocenters. The Bertz CT molecular complexity index is 1110. The van der Waals surface area contributed by atoms with E-state index in [2.05, 4.69) is 26.1 Å². The van der Waals surface area contributed by atoms with Gasteiger partial charge in [-0.05, 0) is 60.7 Å². The van der Waals surface area contributed by atoms with Crippen molar-refractivity contribution in [3.63, 3.8) is 0 Å². The SMILES string of the molecule is O=C(COc1ccc(Br)cc1)Nc1ccc(N2CCN(C(=O)c3ccccc3F)CC2)cc1. The van der Waals surface area contributed by atoms with E-state index < -0.39 is 5.82 Å². The summed E-state index contributed by atoms with van der Waals surface area (Å²) in [7, 11) is 0. The van der Waals surface area contributed by atoms with Gasteiger partial charge in [-0.3, -0.25) is 9.59 Å². The van der Waals surface area contributed by atoms with Gasteiger partial charge in [0.15, 0.2) is 6.61 Å². The standard InChI is InChI=1S/C25H23BrFN3O3/c26-18-5-11-21(12-6-18)33-17-24(31)28-19-7-9-20(10-8-19)29-13-15-30(16-14-29)25(32)22-3-1-2-4-23(22)27/h1-12H,13-17H2,(H,28,31). The molecule has 0 unspecified atom stereocenters. The lowest BCUT2D eigenvalue weighted by molar-refractivity contribution is -0.118. The number of benzene rings is 3. The summed E-state index contributed by atoms with van der Waals surface area (Å²) >= 11 is 3.36. The number of hydrogen-bond acceptors (Lipinski definition) is 4. The van der Waals surface area contributed by atoms with Crippen LogP contribution < -0.4 is 15.0 Å². The number of carbonyl (C=O) groups is 2. The van der Waals surface area contributed by atoms with Crippen LogP contribution in [-0.4, -0.2) is 49.5 Å². The number of piperazine rings is 1. The van der Waals surface area contributed by atoms with Gasteiger partial charge in [-0.2, -0.15) is 0 Å². The zero-order valence-corrected chi connectivity index (χ0v) is 19.4. The molecule has 0 aromatic heterocycles. The van der Waals surface area contributed by atoms with Crippen molar-refractivity contribution < 1.29 is 18.7 Å². The highest BCUT2D eigenvalue weighted by molar-refractivity contribution is 9.10. The number of amides is 2. The molecule has 2 amide bonds. The van der Waals surface area contributed by atoms with Gasteiger partial charge in [0.2, 0.25) is 0 Å². The maximum atomic E-state index is 13.9. The Hall–Kier alpha value is -3.39. The van der Waals surface area contributed by atoms with Crippen molar-refractivity contribution in [1.82, 2.24) is 4.90 Å². The van der Waals surface area contributed by atoms with E-state index in [1.54, 1.807) is 29.2 Å². The normalized spacial score (nSPS) is 13.5. The monoisotopic (exact) mass is 511 g/mol. The average Bonchev–Trinajstić information content (AvgIpc) is 2.84. The van der Waals surface area contributed by atoms with Crippen LogP contribution in [0.4, 0.5) is 15.8 Å². The largest absolute Gasteiger partial charge is 0.484 e. The Morgan fingerprint density at radius 1 is 0.909 bits per heavy atom. The first-order valence-corrected chi connectivity index (χ1v) is 11.4. The number of carbonyl (C=O) groups excluding carboxylic acids is 2. The second kappa shape index (κ2) is 10.5. The van der Waals surface area contributed by atoms with E-state index in [-0.39, 0.29) is 24.0 Å². The van der Waals surface area contributed by atoms with Gasteiger partial charge in [-0.1, -0.05) is 28.1 Å². The van der Waals surface area contributed by atoms with Crippen LogP contribution >= 0.6 is 15.9 Å². The number of ether oxygens (including phenoxy) is 1. The second-order valence-corrected chi connectivity index (χ2v) is 8.51. The Morgan fingerprint density at radius 2 is 1.58 bits per heavy atom. The minimum absolute atomic E-state index is 0.0820. The minimum Gasteiger partial charge on any atom is -0.484 e. The molecular formula is C25H23BrFN3O3. The van der Waals surface area contributed by atoms with Crippen molar-refractivity contribution >= 4 is 39.1 Å². The zero-order valence-electron chi connectivity index (χ0n) is 17.8.